The van der Waals surface area contributed by atoms with Gasteiger partial charge in [-0.15, -0.1) is 0 Å². The average molecular weight is 268 g/mol. The normalized spacial score (nSPS) is 13.9. The molecule has 0 spiro atoms. The monoisotopic (exact) mass is 268 g/mol. The van der Waals surface area contributed by atoms with E-state index in [0.717, 1.165) is 0 Å². The lowest BCUT2D eigenvalue weighted by Gasteiger charge is -2.16. The van der Waals surface area contributed by atoms with Crippen LogP contribution in [0.25, 0.3) is 0 Å². The van der Waals surface area contributed by atoms with Gasteiger partial charge in [-0.1, -0.05) is 13.8 Å². The zero-order chi connectivity index (χ0) is 13.5. The first-order valence-electron chi connectivity index (χ1n) is 5.27. The highest BCUT2D eigenvalue weighted by atomic mass is 32.2. The van der Waals surface area contributed by atoms with Crippen LogP contribution in [0.1, 0.15) is 20.3 Å². The number of ether oxygens (including phenoxy) is 1. The Labute approximate surface area is 102 Å². The topological polar surface area (TPSA) is 105 Å². The van der Waals surface area contributed by atoms with E-state index in [9.17, 15) is 13.2 Å². The van der Waals surface area contributed by atoms with Crippen molar-refractivity contribution < 1.29 is 23.1 Å². The van der Waals surface area contributed by atoms with Crippen LogP contribution in [0.2, 0.25) is 0 Å². The Morgan fingerprint density at radius 3 is 2.41 bits per heavy atom. The van der Waals surface area contributed by atoms with Crippen molar-refractivity contribution in [2.75, 3.05) is 20.3 Å². The van der Waals surface area contributed by atoms with Gasteiger partial charge in [0, 0.05) is 13.7 Å². The largest absolute Gasteiger partial charge is 0.480 e. The fraction of sp³-hybridized carbons (Fsp3) is 0.889. The molecule has 0 aliphatic rings. The molecular formula is C9H20N2O5S. The Hall–Kier alpha value is -0.700. The van der Waals surface area contributed by atoms with Gasteiger partial charge in [0.15, 0.2) is 0 Å². The summed E-state index contributed by atoms with van der Waals surface area (Å²) in [5.41, 5.74) is 0. The Bertz CT molecular complexity index is 328. The summed E-state index contributed by atoms with van der Waals surface area (Å²) in [5, 5.41) is 8.88. The number of nitrogens with one attached hydrogen (secondary N) is 2. The first-order valence-corrected chi connectivity index (χ1v) is 6.75. The maximum Gasteiger partial charge on any atom is 0.321 e. The fourth-order valence-electron chi connectivity index (χ4n) is 1.18. The van der Waals surface area contributed by atoms with Crippen LogP contribution in [0.3, 0.4) is 0 Å². The maximum atomic E-state index is 11.5. The van der Waals surface area contributed by atoms with Crippen molar-refractivity contribution in [2.24, 2.45) is 5.92 Å². The first-order chi connectivity index (χ1) is 7.78. The van der Waals surface area contributed by atoms with E-state index >= 15 is 0 Å². The van der Waals surface area contributed by atoms with Gasteiger partial charge in [0.25, 0.3) is 10.2 Å². The van der Waals surface area contributed by atoms with Gasteiger partial charge < -0.3 is 9.84 Å². The van der Waals surface area contributed by atoms with Gasteiger partial charge in [-0.3, -0.25) is 4.79 Å². The third kappa shape index (κ3) is 8.08. The number of rotatable bonds is 9. The molecule has 0 heterocycles. The van der Waals surface area contributed by atoms with Gasteiger partial charge in [-0.05, 0) is 12.3 Å². The standard InChI is InChI=1S/C9H20N2O5S/c1-7(2)6-8(9(12)13)11-17(14,15)10-4-5-16-3/h7-8,10-11H,4-6H2,1-3H3,(H,12,13)/t8-/m0/s1. The minimum absolute atomic E-state index is 0.0813. The second kappa shape index (κ2) is 7.59. The summed E-state index contributed by atoms with van der Waals surface area (Å²) in [6.07, 6.45) is 0.237. The molecule has 0 saturated carbocycles. The van der Waals surface area contributed by atoms with Crippen LogP contribution in [0.4, 0.5) is 0 Å². The van der Waals surface area contributed by atoms with Gasteiger partial charge in [-0.25, -0.2) is 0 Å². The number of hydrogen-bond donors (Lipinski definition) is 3. The van der Waals surface area contributed by atoms with E-state index in [1.165, 1.54) is 7.11 Å². The van der Waals surface area contributed by atoms with E-state index in [1.807, 2.05) is 13.8 Å². The van der Waals surface area contributed by atoms with Crippen LogP contribution >= 0.6 is 0 Å². The summed E-state index contributed by atoms with van der Waals surface area (Å²) >= 11 is 0. The van der Waals surface area contributed by atoms with E-state index in [4.69, 9.17) is 5.11 Å². The highest BCUT2D eigenvalue weighted by molar-refractivity contribution is 7.87. The molecule has 0 amide bonds. The van der Waals surface area contributed by atoms with Crippen LogP contribution in [0.15, 0.2) is 0 Å². The van der Waals surface area contributed by atoms with Crippen LogP contribution < -0.4 is 9.44 Å². The van der Waals surface area contributed by atoms with Crippen molar-refractivity contribution in [3.63, 3.8) is 0 Å². The van der Waals surface area contributed by atoms with Crippen molar-refractivity contribution in [1.82, 2.24) is 9.44 Å². The maximum absolute atomic E-state index is 11.5. The third-order valence-corrected chi connectivity index (χ3v) is 3.08. The zero-order valence-corrected chi connectivity index (χ0v) is 11.1. The predicted molar refractivity (Wildman–Crippen MR) is 62.8 cm³/mol. The molecule has 0 fully saturated rings. The second-order valence-electron chi connectivity index (χ2n) is 4.03. The van der Waals surface area contributed by atoms with Crippen LogP contribution in [-0.4, -0.2) is 45.8 Å². The average Bonchev–Trinajstić information content (AvgIpc) is 2.15. The minimum Gasteiger partial charge on any atom is -0.480 e. The van der Waals surface area contributed by atoms with Gasteiger partial charge in [0.05, 0.1) is 6.61 Å². The Balaban J connectivity index is 4.37. The number of aliphatic carboxylic acids is 1. The molecule has 7 nitrogen and oxygen atoms in total. The fourth-order valence-corrected chi connectivity index (χ4v) is 2.18. The SMILES string of the molecule is COCCNS(=O)(=O)N[C@@H](CC(C)C)C(=O)O. The summed E-state index contributed by atoms with van der Waals surface area (Å²) in [7, 11) is -2.36. The van der Waals surface area contributed by atoms with Crippen molar-refractivity contribution in [2.45, 2.75) is 26.3 Å². The number of methoxy groups -OCH3 is 1. The molecule has 0 aromatic carbocycles. The molecule has 102 valence electrons. The molecule has 3 N–H and O–H groups in total. The van der Waals surface area contributed by atoms with Crippen molar-refractivity contribution >= 4 is 16.2 Å². The Morgan fingerprint density at radius 2 is 2.00 bits per heavy atom. The zero-order valence-electron chi connectivity index (χ0n) is 10.3. The molecule has 0 aliphatic carbocycles. The van der Waals surface area contributed by atoms with Crippen molar-refractivity contribution in [1.29, 1.82) is 0 Å². The molecule has 0 bridgehead atoms. The number of hydrogen-bond acceptors (Lipinski definition) is 4. The van der Waals surface area contributed by atoms with Crippen molar-refractivity contribution in [3.8, 4) is 0 Å². The number of carboxylic acid groups (broad SMARTS) is 1. The molecule has 0 rings (SSSR count). The number of carboxylic acids is 1. The molecule has 0 aromatic heterocycles. The lowest BCUT2D eigenvalue weighted by atomic mass is 10.1. The first kappa shape index (κ1) is 16.3. The van der Waals surface area contributed by atoms with E-state index in [1.54, 1.807) is 0 Å². The molecule has 0 radical (unpaired) electrons. The van der Waals surface area contributed by atoms with Gasteiger partial charge in [-0.2, -0.15) is 17.9 Å². The van der Waals surface area contributed by atoms with E-state index in [2.05, 4.69) is 14.2 Å². The molecule has 0 saturated heterocycles. The Kier molecular flexibility index (Phi) is 7.28. The second-order valence-corrected chi connectivity index (χ2v) is 5.56. The quantitative estimate of drug-likeness (QED) is 0.492. The molecule has 17 heavy (non-hydrogen) atoms. The molecule has 1 atom stereocenters. The smallest absolute Gasteiger partial charge is 0.321 e. The summed E-state index contributed by atoms with van der Waals surface area (Å²) < 4.78 is 31.9. The predicted octanol–water partition coefficient (Wildman–Crippen LogP) is -0.444. The summed E-state index contributed by atoms with van der Waals surface area (Å²) in [6, 6.07) is -1.12. The van der Waals surface area contributed by atoms with Gasteiger partial charge in [0.2, 0.25) is 0 Å². The van der Waals surface area contributed by atoms with E-state index in [0.29, 0.717) is 0 Å². The lowest BCUT2D eigenvalue weighted by molar-refractivity contribution is -0.139. The highest BCUT2D eigenvalue weighted by Crippen LogP contribution is 2.05. The van der Waals surface area contributed by atoms with Crippen molar-refractivity contribution in [3.05, 3.63) is 0 Å². The molecule has 0 unspecified atom stereocenters. The molecule has 8 heteroatoms. The number of carbonyl (C=O) groups is 1. The van der Waals surface area contributed by atoms with Crippen LogP contribution in [0.5, 0.6) is 0 Å². The third-order valence-electron chi connectivity index (χ3n) is 1.90. The molecule has 0 aromatic rings. The Morgan fingerprint density at radius 1 is 1.41 bits per heavy atom. The summed E-state index contributed by atoms with van der Waals surface area (Å²) in [5.74, 6) is -1.10. The lowest BCUT2D eigenvalue weighted by Crippen LogP contribution is -2.47. The minimum atomic E-state index is -3.80. The van der Waals surface area contributed by atoms with Crippen LogP contribution in [-0.2, 0) is 19.7 Å². The van der Waals surface area contributed by atoms with E-state index < -0.39 is 22.2 Å². The highest BCUT2D eigenvalue weighted by Gasteiger charge is 2.24. The molecular weight excluding hydrogens is 248 g/mol. The van der Waals surface area contributed by atoms with Crippen LogP contribution in [0, 0.1) is 5.92 Å². The molecule has 0 aliphatic heterocycles. The van der Waals surface area contributed by atoms with E-state index in [-0.39, 0.29) is 25.5 Å². The summed E-state index contributed by atoms with van der Waals surface area (Å²) in [4.78, 5) is 10.9. The van der Waals surface area contributed by atoms with Gasteiger partial charge in [0.1, 0.15) is 6.04 Å². The summed E-state index contributed by atoms with van der Waals surface area (Å²) in [6.45, 7) is 3.97. The van der Waals surface area contributed by atoms with Gasteiger partial charge >= 0.3 is 5.97 Å².